The molecule has 0 saturated carbocycles. The van der Waals surface area contributed by atoms with Crippen molar-refractivity contribution < 1.29 is 9.79 Å². The van der Waals surface area contributed by atoms with Crippen LogP contribution in [-0.2, 0) is 7.05 Å². The number of rotatable bonds is 1. The molecule has 0 bridgehead atoms. The van der Waals surface area contributed by atoms with Crippen molar-refractivity contribution in [1.29, 1.82) is 0 Å². The summed E-state index contributed by atoms with van der Waals surface area (Å²) in [6, 6.07) is 0. The molecule has 0 fully saturated rings. The van der Waals surface area contributed by atoms with E-state index < -0.39 is 0 Å². The molecule has 0 radical (unpaired) electrons. The molecule has 1 heterocycles. The summed E-state index contributed by atoms with van der Waals surface area (Å²) in [5.41, 5.74) is 0.542. The number of anilines is 1. The fraction of sp³-hybridized carbons (Fsp3) is 0.571. The van der Waals surface area contributed by atoms with Gasteiger partial charge in [0.2, 0.25) is 5.69 Å². The standard InChI is InChI=1S/C7H12N4O/c1-5-6(12)8-7(10(2)3)9-11(5)4/h1-4H3. The van der Waals surface area contributed by atoms with Crippen LogP contribution in [0.15, 0.2) is 0 Å². The topological polar surface area (TPSA) is 56.0 Å². The summed E-state index contributed by atoms with van der Waals surface area (Å²) in [6.45, 7) is 1.70. The van der Waals surface area contributed by atoms with E-state index in [9.17, 15) is 5.11 Å². The molecule has 1 aromatic rings. The number of aromatic nitrogens is 3. The Morgan fingerprint density at radius 3 is 2.42 bits per heavy atom. The van der Waals surface area contributed by atoms with Gasteiger partial charge in [-0.3, -0.25) is 0 Å². The maximum atomic E-state index is 11.2. The van der Waals surface area contributed by atoms with Gasteiger partial charge in [0, 0.05) is 26.1 Å². The molecule has 5 heteroatoms. The minimum atomic E-state index is -0.226. The van der Waals surface area contributed by atoms with E-state index in [1.54, 1.807) is 33.0 Å². The highest BCUT2D eigenvalue weighted by atomic mass is 16.3. The Morgan fingerprint density at radius 2 is 2.00 bits per heavy atom. The second kappa shape index (κ2) is 2.92. The monoisotopic (exact) mass is 168 g/mol. The molecule has 0 aliphatic carbocycles. The third-order valence-electron chi connectivity index (χ3n) is 1.64. The first kappa shape index (κ1) is 8.70. The second-order valence-electron chi connectivity index (χ2n) is 2.82. The predicted molar refractivity (Wildman–Crippen MR) is 41.7 cm³/mol. The Kier molecular flexibility index (Phi) is 2.12. The summed E-state index contributed by atoms with van der Waals surface area (Å²) in [6.07, 6.45) is 0. The lowest BCUT2D eigenvalue weighted by molar-refractivity contribution is -0.738. The van der Waals surface area contributed by atoms with Crippen LogP contribution in [0.2, 0.25) is 0 Å². The molecule has 0 N–H and O–H groups in total. The molecular weight excluding hydrogens is 156 g/mol. The minimum absolute atomic E-state index is 0.226. The lowest BCUT2D eigenvalue weighted by Gasteiger charge is -2.11. The second-order valence-corrected chi connectivity index (χ2v) is 2.82. The van der Waals surface area contributed by atoms with Gasteiger partial charge < -0.3 is 10.0 Å². The van der Waals surface area contributed by atoms with Crippen molar-refractivity contribution in [2.45, 2.75) is 6.92 Å². The first-order valence-corrected chi connectivity index (χ1v) is 3.61. The van der Waals surface area contributed by atoms with Crippen molar-refractivity contribution in [3.05, 3.63) is 5.69 Å². The normalized spacial score (nSPS) is 10.0. The van der Waals surface area contributed by atoms with Crippen LogP contribution in [-0.4, -0.2) is 24.2 Å². The molecule has 12 heavy (non-hydrogen) atoms. The van der Waals surface area contributed by atoms with E-state index in [0.717, 1.165) is 0 Å². The van der Waals surface area contributed by atoms with E-state index in [0.29, 0.717) is 11.6 Å². The maximum Gasteiger partial charge on any atom is 0.289 e. The molecule has 0 aromatic carbocycles. The smallest absolute Gasteiger partial charge is 0.289 e. The Hall–Kier alpha value is -1.39. The van der Waals surface area contributed by atoms with E-state index >= 15 is 0 Å². The summed E-state index contributed by atoms with van der Waals surface area (Å²) in [7, 11) is 5.32. The SMILES string of the molecule is Cc1c([O-])nc(N(C)C)n[n+]1C. The highest BCUT2D eigenvalue weighted by Gasteiger charge is 2.09. The van der Waals surface area contributed by atoms with Gasteiger partial charge in [-0.1, -0.05) is 4.68 Å². The van der Waals surface area contributed by atoms with Gasteiger partial charge in [0.1, 0.15) is 0 Å². The van der Waals surface area contributed by atoms with Crippen LogP contribution in [0.5, 0.6) is 5.88 Å². The van der Waals surface area contributed by atoms with Gasteiger partial charge in [0.05, 0.1) is 5.88 Å². The van der Waals surface area contributed by atoms with E-state index in [1.807, 2.05) is 0 Å². The molecule has 66 valence electrons. The molecule has 0 spiro atoms. The first-order valence-electron chi connectivity index (χ1n) is 3.61. The van der Waals surface area contributed by atoms with Gasteiger partial charge in [-0.2, -0.15) is 0 Å². The number of hydrogen-bond acceptors (Lipinski definition) is 4. The molecule has 1 aromatic heterocycles. The van der Waals surface area contributed by atoms with Gasteiger partial charge in [-0.05, 0) is 0 Å². The summed E-state index contributed by atoms with van der Waals surface area (Å²) in [4.78, 5) is 5.47. The quantitative estimate of drug-likeness (QED) is 0.492. The fourth-order valence-electron chi connectivity index (χ4n) is 0.731. The molecule has 0 aliphatic rings. The van der Waals surface area contributed by atoms with Gasteiger partial charge in [-0.25, -0.2) is 4.98 Å². The average Bonchev–Trinajstić information content (AvgIpc) is 1.99. The van der Waals surface area contributed by atoms with Crippen LogP contribution in [0, 0.1) is 6.92 Å². The molecule has 0 amide bonds. The molecule has 0 saturated heterocycles. The average molecular weight is 168 g/mol. The molecule has 0 unspecified atom stereocenters. The molecular formula is C7H12N4O. The van der Waals surface area contributed by atoms with Crippen LogP contribution in [0.4, 0.5) is 5.95 Å². The zero-order chi connectivity index (χ0) is 9.30. The summed E-state index contributed by atoms with van der Waals surface area (Å²) in [5, 5.41) is 15.2. The van der Waals surface area contributed by atoms with E-state index in [4.69, 9.17) is 0 Å². The van der Waals surface area contributed by atoms with Crippen LogP contribution in [0.1, 0.15) is 5.69 Å². The number of hydrogen-bond donors (Lipinski definition) is 0. The molecule has 0 atom stereocenters. The highest BCUT2D eigenvalue weighted by Crippen LogP contribution is 2.06. The summed E-state index contributed by atoms with van der Waals surface area (Å²) in [5.74, 6) is 0.212. The van der Waals surface area contributed by atoms with Crippen LogP contribution >= 0.6 is 0 Å². The molecule has 5 nitrogen and oxygen atoms in total. The van der Waals surface area contributed by atoms with Crippen molar-refractivity contribution in [3.8, 4) is 5.88 Å². The molecule has 1 rings (SSSR count). The fourth-order valence-corrected chi connectivity index (χ4v) is 0.731. The van der Waals surface area contributed by atoms with Crippen molar-refractivity contribution in [3.63, 3.8) is 0 Å². The minimum Gasteiger partial charge on any atom is -0.854 e. The summed E-state index contributed by atoms with van der Waals surface area (Å²) < 4.78 is 1.53. The van der Waals surface area contributed by atoms with E-state index in [1.165, 1.54) is 4.68 Å². The highest BCUT2D eigenvalue weighted by molar-refractivity contribution is 5.26. The Labute approximate surface area is 71.3 Å². The van der Waals surface area contributed by atoms with Gasteiger partial charge in [0.25, 0.3) is 5.95 Å². The maximum absolute atomic E-state index is 11.2. The third kappa shape index (κ3) is 1.44. The predicted octanol–water partition coefficient (Wildman–Crippen LogP) is -1.25. The zero-order valence-corrected chi connectivity index (χ0v) is 7.70. The van der Waals surface area contributed by atoms with Crippen molar-refractivity contribution >= 4 is 5.95 Å². The first-order chi connectivity index (χ1) is 5.52. The molecule has 0 aliphatic heterocycles. The van der Waals surface area contributed by atoms with E-state index in [2.05, 4.69) is 10.1 Å². The van der Waals surface area contributed by atoms with Crippen molar-refractivity contribution in [2.75, 3.05) is 19.0 Å². The Balaban J connectivity index is 3.21. The van der Waals surface area contributed by atoms with E-state index in [-0.39, 0.29) is 5.88 Å². The van der Waals surface area contributed by atoms with Gasteiger partial charge in [-0.15, -0.1) is 0 Å². The van der Waals surface area contributed by atoms with Gasteiger partial charge in [0.15, 0.2) is 7.05 Å². The van der Waals surface area contributed by atoms with Crippen LogP contribution in [0.25, 0.3) is 0 Å². The van der Waals surface area contributed by atoms with Crippen molar-refractivity contribution in [1.82, 2.24) is 10.1 Å². The largest absolute Gasteiger partial charge is 0.854 e. The van der Waals surface area contributed by atoms with Crippen LogP contribution < -0.4 is 14.7 Å². The summed E-state index contributed by atoms with van der Waals surface area (Å²) >= 11 is 0. The number of nitrogens with zero attached hydrogens (tertiary/aromatic N) is 4. The lowest BCUT2D eigenvalue weighted by atomic mass is 10.5. The van der Waals surface area contributed by atoms with Gasteiger partial charge >= 0.3 is 0 Å². The van der Waals surface area contributed by atoms with Crippen molar-refractivity contribution in [2.24, 2.45) is 7.05 Å². The Morgan fingerprint density at radius 1 is 1.42 bits per heavy atom. The zero-order valence-electron chi connectivity index (χ0n) is 7.70. The van der Waals surface area contributed by atoms with Crippen LogP contribution in [0.3, 0.4) is 0 Å². The number of aryl methyl sites for hydroxylation is 1. The third-order valence-corrected chi connectivity index (χ3v) is 1.64. The Bertz CT molecular complexity index is 274. The lowest BCUT2D eigenvalue weighted by Crippen LogP contribution is -2.39.